The number of piperazine rings is 1. The van der Waals surface area contributed by atoms with Crippen LogP contribution < -0.4 is 4.74 Å². The average Bonchev–Trinajstić information content (AvgIpc) is 3.25. The SMILES string of the molecule is CCC(=O)c1cc(C(=O)CCCCN2CCN(C)CC2)cc2c1O[C@H](CO)[C@H]2c1ccccc1. The molecule has 34 heavy (non-hydrogen) atoms. The third-order valence-corrected chi connectivity index (χ3v) is 7.10. The van der Waals surface area contributed by atoms with Crippen LogP contribution in [0.3, 0.4) is 0 Å². The average molecular weight is 465 g/mol. The molecule has 0 aliphatic carbocycles. The van der Waals surface area contributed by atoms with Gasteiger partial charge < -0.3 is 19.6 Å². The zero-order valence-electron chi connectivity index (χ0n) is 20.3. The molecule has 2 atom stereocenters. The highest BCUT2D eigenvalue weighted by atomic mass is 16.5. The molecule has 0 aromatic heterocycles. The van der Waals surface area contributed by atoms with Crippen molar-refractivity contribution in [3.63, 3.8) is 0 Å². The molecule has 0 unspecified atom stereocenters. The van der Waals surface area contributed by atoms with Crippen LogP contribution in [0.5, 0.6) is 5.75 Å². The first kappa shape index (κ1) is 24.6. The zero-order chi connectivity index (χ0) is 24.1. The summed E-state index contributed by atoms with van der Waals surface area (Å²) in [6, 6.07) is 13.4. The molecule has 4 rings (SSSR count). The number of nitrogens with zero attached hydrogens (tertiary/aromatic N) is 2. The number of aliphatic hydroxyl groups excluding tert-OH is 1. The summed E-state index contributed by atoms with van der Waals surface area (Å²) in [5.41, 5.74) is 2.85. The van der Waals surface area contributed by atoms with Crippen LogP contribution in [0, 0.1) is 0 Å². The highest BCUT2D eigenvalue weighted by molar-refractivity contribution is 6.04. The number of likely N-dealkylation sites (N-methyl/N-ethyl adjacent to an activating group) is 1. The largest absolute Gasteiger partial charge is 0.486 e. The fourth-order valence-electron chi connectivity index (χ4n) is 5.03. The second kappa shape index (κ2) is 11.3. The second-order valence-electron chi connectivity index (χ2n) is 9.47. The Balaban J connectivity index is 1.52. The lowest BCUT2D eigenvalue weighted by molar-refractivity contribution is 0.0971. The van der Waals surface area contributed by atoms with Gasteiger partial charge in [-0.15, -0.1) is 0 Å². The molecule has 1 N–H and O–H groups in total. The van der Waals surface area contributed by atoms with Gasteiger partial charge in [0.25, 0.3) is 0 Å². The van der Waals surface area contributed by atoms with Crippen LogP contribution in [-0.4, -0.2) is 79.0 Å². The smallest absolute Gasteiger partial charge is 0.166 e. The number of ketones is 2. The predicted octanol–water partition coefficient (Wildman–Crippen LogP) is 3.76. The summed E-state index contributed by atoms with van der Waals surface area (Å²) in [5, 5.41) is 10.0. The Morgan fingerprint density at radius 2 is 1.76 bits per heavy atom. The minimum absolute atomic E-state index is 0.0497. The van der Waals surface area contributed by atoms with Crippen LogP contribution in [-0.2, 0) is 0 Å². The van der Waals surface area contributed by atoms with E-state index in [2.05, 4.69) is 16.8 Å². The van der Waals surface area contributed by atoms with Crippen molar-refractivity contribution in [2.45, 2.75) is 44.6 Å². The van der Waals surface area contributed by atoms with Gasteiger partial charge in [-0.2, -0.15) is 0 Å². The molecule has 2 aromatic rings. The summed E-state index contributed by atoms with van der Waals surface area (Å²) in [5.74, 6) is 0.318. The monoisotopic (exact) mass is 464 g/mol. The third-order valence-electron chi connectivity index (χ3n) is 7.10. The summed E-state index contributed by atoms with van der Waals surface area (Å²) in [6.45, 7) is 7.05. The highest BCUT2D eigenvalue weighted by Gasteiger charge is 2.38. The minimum atomic E-state index is -0.477. The molecule has 6 heteroatoms. The van der Waals surface area contributed by atoms with E-state index in [1.54, 1.807) is 6.07 Å². The second-order valence-corrected chi connectivity index (χ2v) is 9.47. The van der Waals surface area contributed by atoms with E-state index in [0.717, 1.165) is 56.7 Å². The van der Waals surface area contributed by atoms with Gasteiger partial charge in [-0.1, -0.05) is 37.3 Å². The normalized spacial score (nSPS) is 20.7. The van der Waals surface area contributed by atoms with Crippen molar-refractivity contribution in [1.29, 1.82) is 0 Å². The number of carbonyl (C=O) groups excluding carboxylic acids is 2. The maximum atomic E-state index is 13.2. The summed E-state index contributed by atoms with van der Waals surface area (Å²) in [4.78, 5) is 30.8. The number of fused-ring (bicyclic) bond motifs is 1. The molecule has 2 aliphatic heterocycles. The fraction of sp³-hybridized carbons (Fsp3) is 0.500. The molecule has 2 heterocycles. The van der Waals surface area contributed by atoms with E-state index in [1.165, 1.54) is 0 Å². The number of rotatable bonds is 10. The van der Waals surface area contributed by atoms with Gasteiger partial charge in [0.15, 0.2) is 11.6 Å². The lowest BCUT2D eigenvalue weighted by Crippen LogP contribution is -2.44. The van der Waals surface area contributed by atoms with Gasteiger partial charge in [0, 0.05) is 50.1 Å². The Morgan fingerprint density at radius 1 is 1.03 bits per heavy atom. The van der Waals surface area contributed by atoms with Crippen molar-refractivity contribution in [3.8, 4) is 5.75 Å². The van der Waals surface area contributed by atoms with E-state index in [4.69, 9.17) is 4.74 Å². The van der Waals surface area contributed by atoms with Crippen LogP contribution in [0.4, 0.5) is 0 Å². The van der Waals surface area contributed by atoms with Crippen molar-refractivity contribution in [2.75, 3.05) is 46.4 Å². The zero-order valence-corrected chi connectivity index (χ0v) is 20.3. The van der Waals surface area contributed by atoms with Crippen molar-refractivity contribution in [2.24, 2.45) is 0 Å². The van der Waals surface area contributed by atoms with Crippen LogP contribution in [0.25, 0.3) is 0 Å². The standard InChI is InChI=1S/C28H36N2O4/c1-3-24(32)22-17-21(25(33)11-7-8-12-30-15-13-29(2)14-16-30)18-23-27(20-9-5-4-6-10-20)26(19-31)34-28(22)23/h4-6,9-10,17-18,26-27,31H,3,7-8,11-16,19H2,1-2H3/t26-,27+/m1/s1. The molecular formula is C28H36N2O4. The number of unbranched alkanes of at least 4 members (excludes halogenated alkanes) is 1. The van der Waals surface area contributed by atoms with Crippen molar-refractivity contribution < 1.29 is 19.4 Å². The summed E-state index contributed by atoms with van der Waals surface area (Å²) < 4.78 is 6.09. The molecule has 0 saturated carbocycles. The van der Waals surface area contributed by atoms with Gasteiger partial charge >= 0.3 is 0 Å². The van der Waals surface area contributed by atoms with Crippen LogP contribution in [0.1, 0.15) is 70.4 Å². The Kier molecular flexibility index (Phi) is 8.14. The predicted molar refractivity (Wildman–Crippen MR) is 133 cm³/mol. The van der Waals surface area contributed by atoms with Gasteiger partial charge in [-0.05, 0) is 44.1 Å². The molecule has 0 bridgehead atoms. The van der Waals surface area contributed by atoms with E-state index < -0.39 is 6.10 Å². The lowest BCUT2D eigenvalue weighted by atomic mass is 9.85. The maximum absolute atomic E-state index is 13.2. The quantitative estimate of drug-likeness (QED) is 0.426. The topological polar surface area (TPSA) is 70.1 Å². The van der Waals surface area contributed by atoms with E-state index >= 15 is 0 Å². The number of ether oxygens (including phenoxy) is 1. The van der Waals surface area contributed by atoms with Crippen molar-refractivity contribution in [3.05, 3.63) is 64.7 Å². The van der Waals surface area contributed by atoms with Gasteiger partial charge in [-0.3, -0.25) is 9.59 Å². The molecule has 1 saturated heterocycles. The number of hydrogen-bond acceptors (Lipinski definition) is 6. The number of aliphatic hydroxyl groups is 1. The molecular weight excluding hydrogens is 428 g/mol. The van der Waals surface area contributed by atoms with Crippen molar-refractivity contribution >= 4 is 11.6 Å². The van der Waals surface area contributed by atoms with E-state index in [0.29, 0.717) is 29.7 Å². The first-order chi connectivity index (χ1) is 16.5. The summed E-state index contributed by atoms with van der Waals surface area (Å²) >= 11 is 0. The van der Waals surface area contributed by atoms with Gasteiger partial charge in [0.2, 0.25) is 0 Å². The van der Waals surface area contributed by atoms with Crippen LogP contribution >= 0.6 is 0 Å². The molecule has 0 spiro atoms. The Bertz CT molecular complexity index is 999. The number of benzene rings is 2. The number of carbonyl (C=O) groups is 2. The Hall–Kier alpha value is -2.54. The summed E-state index contributed by atoms with van der Waals surface area (Å²) in [7, 11) is 2.15. The van der Waals surface area contributed by atoms with Gasteiger partial charge in [0.1, 0.15) is 11.9 Å². The van der Waals surface area contributed by atoms with Crippen molar-refractivity contribution in [1.82, 2.24) is 9.80 Å². The summed E-state index contributed by atoms with van der Waals surface area (Å²) in [6.07, 6.45) is 2.14. The fourth-order valence-corrected chi connectivity index (χ4v) is 5.03. The molecule has 6 nitrogen and oxygen atoms in total. The maximum Gasteiger partial charge on any atom is 0.166 e. The van der Waals surface area contributed by atoms with Gasteiger partial charge in [-0.25, -0.2) is 0 Å². The molecule has 1 fully saturated rings. The highest BCUT2D eigenvalue weighted by Crippen LogP contribution is 2.45. The van der Waals surface area contributed by atoms with Crippen LogP contribution in [0.2, 0.25) is 0 Å². The van der Waals surface area contributed by atoms with Crippen LogP contribution in [0.15, 0.2) is 42.5 Å². The first-order valence-corrected chi connectivity index (χ1v) is 12.5. The molecule has 0 radical (unpaired) electrons. The van der Waals surface area contributed by atoms with Gasteiger partial charge in [0.05, 0.1) is 18.1 Å². The number of Topliss-reactive ketones (excluding diaryl/α,β-unsaturated/α-hetero) is 2. The Morgan fingerprint density at radius 3 is 2.44 bits per heavy atom. The van der Waals surface area contributed by atoms with E-state index in [1.807, 2.05) is 43.3 Å². The molecule has 2 aliphatic rings. The lowest BCUT2D eigenvalue weighted by Gasteiger charge is -2.32. The number of hydrogen-bond donors (Lipinski definition) is 1. The van der Waals surface area contributed by atoms with E-state index in [9.17, 15) is 14.7 Å². The minimum Gasteiger partial charge on any atom is -0.486 e. The van der Waals surface area contributed by atoms with E-state index in [-0.39, 0.29) is 24.1 Å². The third kappa shape index (κ3) is 5.40. The Labute approximate surface area is 202 Å². The molecule has 2 aromatic carbocycles. The molecule has 0 amide bonds. The first-order valence-electron chi connectivity index (χ1n) is 12.5. The molecule has 182 valence electrons.